The second-order valence-corrected chi connectivity index (χ2v) is 7.38. The van der Waals surface area contributed by atoms with E-state index in [1.807, 2.05) is 0 Å². The molecule has 2 atom stereocenters. The summed E-state index contributed by atoms with van der Waals surface area (Å²) in [4.78, 5) is 23.1. The van der Waals surface area contributed by atoms with E-state index in [0.717, 1.165) is 18.3 Å². The minimum absolute atomic E-state index is 0.110. The van der Waals surface area contributed by atoms with Crippen LogP contribution in [0.4, 0.5) is 32.0 Å². The van der Waals surface area contributed by atoms with Crippen molar-refractivity contribution in [3.63, 3.8) is 0 Å². The smallest absolute Gasteiger partial charge is 0.425 e. The Balaban J connectivity index is 1.94. The minimum Gasteiger partial charge on any atom is -0.452 e. The van der Waals surface area contributed by atoms with Gasteiger partial charge in [-0.05, 0) is 19.1 Å². The summed E-state index contributed by atoms with van der Waals surface area (Å²) in [5.41, 5.74) is 2.09. The van der Waals surface area contributed by atoms with Crippen molar-refractivity contribution in [2.75, 3.05) is 5.32 Å². The highest BCUT2D eigenvalue weighted by atomic mass is 35.5. The lowest BCUT2D eigenvalue weighted by Gasteiger charge is -2.36. The molecule has 172 valence electrons. The number of halogens is 7. The zero-order chi connectivity index (χ0) is 23.8. The number of ether oxygens (including phenoxy) is 1. The van der Waals surface area contributed by atoms with Gasteiger partial charge >= 0.3 is 6.18 Å². The van der Waals surface area contributed by atoms with Crippen molar-refractivity contribution in [1.29, 1.82) is 0 Å². The van der Waals surface area contributed by atoms with Crippen LogP contribution in [0.25, 0.3) is 0 Å². The number of aromatic nitrogens is 2. The molecule has 0 radical (unpaired) electrons. The van der Waals surface area contributed by atoms with Crippen molar-refractivity contribution < 1.29 is 35.9 Å². The number of carbonyl (C=O) groups is 1. The summed E-state index contributed by atoms with van der Waals surface area (Å²) < 4.78 is 84.0. The second-order valence-electron chi connectivity index (χ2n) is 6.98. The van der Waals surface area contributed by atoms with E-state index in [9.17, 15) is 31.1 Å². The van der Waals surface area contributed by atoms with Crippen molar-refractivity contribution in [2.24, 2.45) is 10.7 Å². The second kappa shape index (κ2) is 8.45. The molecule has 2 heterocycles. The maximum atomic E-state index is 14.8. The van der Waals surface area contributed by atoms with Gasteiger partial charge < -0.3 is 15.8 Å². The minimum atomic E-state index is -4.79. The number of alkyl halides is 5. The van der Waals surface area contributed by atoms with Gasteiger partial charge in [-0.25, -0.2) is 23.1 Å². The molecule has 0 saturated carbocycles. The quantitative estimate of drug-likeness (QED) is 0.632. The Morgan fingerprint density at radius 1 is 1.31 bits per heavy atom. The first-order valence-electron chi connectivity index (χ1n) is 8.80. The third-order valence-corrected chi connectivity index (χ3v) is 4.84. The van der Waals surface area contributed by atoms with Crippen LogP contribution in [-0.2, 0) is 10.3 Å². The molecule has 1 aromatic heterocycles. The largest absolute Gasteiger partial charge is 0.452 e. The van der Waals surface area contributed by atoms with Crippen molar-refractivity contribution >= 4 is 29.2 Å². The van der Waals surface area contributed by atoms with E-state index in [2.05, 4.69) is 25.0 Å². The van der Waals surface area contributed by atoms with Crippen molar-refractivity contribution in [2.45, 2.75) is 37.6 Å². The fourth-order valence-electron chi connectivity index (χ4n) is 3.03. The SMILES string of the molecule is C[C@]1(c2cc(NC(=O)c3cnc(C(F)F)cn3)cc(Cl)c2F)C[C@@H](C(F)(F)F)OC(N)=N1. The third kappa shape index (κ3) is 4.87. The first kappa shape index (κ1) is 23.6. The van der Waals surface area contributed by atoms with Crippen LogP contribution in [0.1, 0.15) is 41.5 Å². The summed E-state index contributed by atoms with van der Waals surface area (Å²) in [5, 5.41) is 1.80. The number of nitrogens with zero attached hydrogens (tertiary/aromatic N) is 3. The normalized spacial score (nSPS) is 21.2. The predicted molar refractivity (Wildman–Crippen MR) is 101 cm³/mol. The van der Waals surface area contributed by atoms with Crippen LogP contribution in [0.2, 0.25) is 5.02 Å². The molecule has 0 fully saturated rings. The summed E-state index contributed by atoms with van der Waals surface area (Å²) in [6.45, 7) is 1.20. The fraction of sp³-hybridized carbons (Fsp3) is 0.333. The zero-order valence-electron chi connectivity index (χ0n) is 16.1. The number of hydrogen-bond acceptors (Lipinski definition) is 6. The summed E-state index contributed by atoms with van der Waals surface area (Å²) >= 11 is 5.88. The average molecular weight is 482 g/mol. The van der Waals surface area contributed by atoms with E-state index >= 15 is 0 Å². The van der Waals surface area contributed by atoms with Gasteiger partial charge in [-0.15, -0.1) is 0 Å². The van der Waals surface area contributed by atoms with Crippen LogP contribution in [0.15, 0.2) is 29.5 Å². The van der Waals surface area contributed by atoms with E-state index in [-0.39, 0.29) is 16.9 Å². The topological polar surface area (TPSA) is 102 Å². The molecule has 7 nitrogen and oxygen atoms in total. The highest BCUT2D eigenvalue weighted by Crippen LogP contribution is 2.42. The molecule has 3 N–H and O–H groups in total. The van der Waals surface area contributed by atoms with E-state index in [1.165, 1.54) is 6.92 Å². The number of amides is 1. The monoisotopic (exact) mass is 481 g/mol. The molecule has 1 aliphatic heterocycles. The molecule has 0 spiro atoms. The standard InChI is InChI=1S/C18H14ClF6N5O2/c1-17(4-12(18(23,24)25)32-16(26)30-17)8-2-7(3-9(19)13(8)20)29-15(31)11-6-27-10(5-28-11)14(21)22/h2-3,5-6,12,14H,4H2,1H3,(H2,26,30)(H,29,31)/t12-,17+/m0/s1. The van der Waals surface area contributed by atoms with Crippen LogP contribution in [0.5, 0.6) is 0 Å². The highest BCUT2D eigenvalue weighted by molar-refractivity contribution is 6.31. The van der Waals surface area contributed by atoms with Crippen molar-refractivity contribution in [1.82, 2.24) is 9.97 Å². The van der Waals surface area contributed by atoms with Gasteiger partial charge in [0.2, 0.25) is 0 Å². The molecule has 3 rings (SSSR count). The van der Waals surface area contributed by atoms with Gasteiger partial charge in [0.15, 0.2) is 6.10 Å². The molecule has 2 aromatic rings. The maximum absolute atomic E-state index is 14.8. The number of anilines is 1. The Hall–Kier alpha value is -3.09. The lowest BCUT2D eigenvalue weighted by molar-refractivity contribution is -0.208. The highest BCUT2D eigenvalue weighted by Gasteiger charge is 2.50. The summed E-state index contributed by atoms with van der Waals surface area (Å²) in [6, 6.07) is 1.26. The lowest BCUT2D eigenvalue weighted by atomic mass is 9.85. The van der Waals surface area contributed by atoms with E-state index < -0.39 is 59.1 Å². The molecule has 32 heavy (non-hydrogen) atoms. The van der Waals surface area contributed by atoms with Crippen LogP contribution >= 0.6 is 11.6 Å². The first-order chi connectivity index (χ1) is 14.8. The fourth-order valence-corrected chi connectivity index (χ4v) is 3.25. The molecule has 0 saturated heterocycles. The molecule has 1 aromatic carbocycles. The van der Waals surface area contributed by atoms with Crippen LogP contribution < -0.4 is 11.1 Å². The van der Waals surface area contributed by atoms with Gasteiger partial charge in [0, 0.05) is 17.7 Å². The average Bonchev–Trinajstić information content (AvgIpc) is 2.69. The number of benzene rings is 1. The molecule has 14 heteroatoms. The number of aliphatic imine (C=N–C) groups is 1. The van der Waals surface area contributed by atoms with Gasteiger partial charge in [-0.3, -0.25) is 9.78 Å². The maximum Gasteiger partial charge on any atom is 0.425 e. The molecule has 1 aliphatic rings. The number of carbonyl (C=O) groups excluding carboxylic acids is 1. The van der Waals surface area contributed by atoms with Gasteiger partial charge in [0.25, 0.3) is 18.4 Å². The van der Waals surface area contributed by atoms with Crippen molar-refractivity contribution in [3.8, 4) is 0 Å². The van der Waals surface area contributed by atoms with Gasteiger partial charge in [-0.2, -0.15) is 13.2 Å². The number of nitrogens with one attached hydrogen (secondary N) is 1. The number of amidine groups is 1. The Kier molecular flexibility index (Phi) is 6.22. The van der Waals surface area contributed by atoms with Gasteiger partial charge in [0.05, 0.1) is 23.0 Å². The summed E-state index contributed by atoms with van der Waals surface area (Å²) in [7, 11) is 0. The molecular formula is C18H14ClF6N5O2. The van der Waals surface area contributed by atoms with Crippen molar-refractivity contribution in [3.05, 3.63) is 52.3 Å². The first-order valence-corrected chi connectivity index (χ1v) is 9.17. The van der Waals surface area contributed by atoms with E-state index in [1.54, 1.807) is 0 Å². The molecule has 0 aliphatic carbocycles. The summed E-state index contributed by atoms with van der Waals surface area (Å²) in [6.07, 6.45) is -9.31. The van der Waals surface area contributed by atoms with Crippen LogP contribution in [0, 0.1) is 5.82 Å². The number of hydrogen-bond donors (Lipinski definition) is 2. The van der Waals surface area contributed by atoms with E-state index in [4.69, 9.17) is 17.3 Å². The zero-order valence-corrected chi connectivity index (χ0v) is 16.8. The Bertz CT molecular complexity index is 1060. The number of nitrogens with two attached hydrogens (primary N) is 1. The number of rotatable bonds is 4. The Morgan fingerprint density at radius 3 is 2.56 bits per heavy atom. The molecule has 0 unspecified atom stereocenters. The predicted octanol–water partition coefficient (Wildman–Crippen LogP) is 4.34. The summed E-state index contributed by atoms with van der Waals surface area (Å²) in [5.74, 6) is -1.96. The molecule has 1 amide bonds. The molecular weight excluding hydrogens is 468 g/mol. The van der Waals surface area contributed by atoms with E-state index in [0.29, 0.717) is 6.20 Å². The Labute approximate surface area is 181 Å². The lowest BCUT2D eigenvalue weighted by Crippen LogP contribution is -2.46. The van der Waals surface area contributed by atoms with Gasteiger partial charge in [0.1, 0.15) is 17.2 Å². The van der Waals surface area contributed by atoms with Crippen LogP contribution in [-0.4, -0.2) is 34.2 Å². The molecule has 0 bridgehead atoms. The third-order valence-electron chi connectivity index (χ3n) is 4.56. The Morgan fingerprint density at radius 2 is 2.00 bits per heavy atom. The van der Waals surface area contributed by atoms with Gasteiger partial charge in [-0.1, -0.05) is 11.6 Å². The van der Waals surface area contributed by atoms with Crippen LogP contribution in [0.3, 0.4) is 0 Å².